The summed E-state index contributed by atoms with van der Waals surface area (Å²) in [6.45, 7) is 1.75. The summed E-state index contributed by atoms with van der Waals surface area (Å²) < 4.78 is 53.0. The van der Waals surface area contributed by atoms with E-state index in [1.807, 2.05) is 0 Å². The predicted octanol–water partition coefficient (Wildman–Crippen LogP) is 3.13. The molecule has 1 aliphatic carbocycles. The molecule has 0 aromatic carbocycles. The van der Waals surface area contributed by atoms with Crippen LogP contribution in [0.2, 0.25) is 0 Å². The maximum Gasteiger partial charge on any atom is 0.435 e. The Morgan fingerprint density at radius 3 is 2.62 bits per heavy atom. The molecule has 1 saturated carbocycles. The fourth-order valence-electron chi connectivity index (χ4n) is 3.13. The normalized spacial score (nSPS) is 16.6. The number of aryl methyl sites for hydroxylation is 1. The monoisotopic (exact) mass is 420 g/mol. The Kier molecular flexibility index (Phi) is 4.51. The molecule has 0 unspecified atom stereocenters. The number of pyridine rings is 1. The van der Waals surface area contributed by atoms with Gasteiger partial charge in [0.2, 0.25) is 0 Å². The molecule has 29 heavy (non-hydrogen) atoms. The summed E-state index contributed by atoms with van der Waals surface area (Å²) in [6.07, 6.45) is -1.66. The average molecular weight is 420 g/mol. The van der Waals surface area contributed by atoms with E-state index in [0.29, 0.717) is 29.1 Å². The standard InChI is InChI=1S/C18H15F3N6OS/c1-3-29(28)12-6-10(17(9-22)4-5-17)8-23-14(12)16-24-11-7-13(18(19,20)21)25-26-15(11)27(16)2/h6-8H,3-5H2,1-2H3/t29-/m0/s1. The van der Waals surface area contributed by atoms with E-state index in [1.165, 1.54) is 4.57 Å². The molecule has 0 amide bonds. The van der Waals surface area contributed by atoms with Crippen LogP contribution in [0.3, 0.4) is 0 Å². The van der Waals surface area contributed by atoms with E-state index in [-0.39, 0.29) is 22.7 Å². The van der Waals surface area contributed by atoms with Gasteiger partial charge in [0.05, 0.1) is 11.5 Å². The van der Waals surface area contributed by atoms with Gasteiger partial charge in [-0.2, -0.15) is 18.4 Å². The molecule has 3 heterocycles. The van der Waals surface area contributed by atoms with Crippen molar-refractivity contribution in [3.63, 3.8) is 0 Å². The molecule has 11 heteroatoms. The van der Waals surface area contributed by atoms with Crippen molar-refractivity contribution in [3.05, 3.63) is 29.6 Å². The van der Waals surface area contributed by atoms with Crippen molar-refractivity contribution >= 4 is 22.3 Å². The van der Waals surface area contributed by atoms with Crippen LogP contribution < -0.4 is 0 Å². The van der Waals surface area contributed by atoms with Gasteiger partial charge in [0.15, 0.2) is 27.8 Å². The van der Waals surface area contributed by atoms with Crippen LogP contribution in [-0.4, -0.2) is 35.0 Å². The third-order valence-electron chi connectivity index (χ3n) is 5.00. The van der Waals surface area contributed by atoms with Crippen LogP contribution in [0, 0.1) is 11.3 Å². The van der Waals surface area contributed by atoms with E-state index in [4.69, 9.17) is 0 Å². The molecule has 0 saturated heterocycles. The van der Waals surface area contributed by atoms with Gasteiger partial charge in [-0.15, -0.1) is 10.2 Å². The van der Waals surface area contributed by atoms with Crippen molar-refractivity contribution in [1.29, 1.82) is 5.26 Å². The summed E-state index contributed by atoms with van der Waals surface area (Å²) in [7, 11) is 1.58. The van der Waals surface area contributed by atoms with Crippen molar-refractivity contribution in [2.24, 2.45) is 7.05 Å². The summed E-state index contributed by atoms with van der Waals surface area (Å²) in [6, 6.07) is 4.80. The molecule has 7 nitrogen and oxygen atoms in total. The largest absolute Gasteiger partial charge is 0.611 e. The predicted molar refractivity (Wildman–Crippen MR) is 98.0 cm³/mol. The van der Waals surface area contributed by atoms with Crippen LogP contribution in [0.5, 0.6) is 0 Å². The summed E-state index contributed by atoms with van der Waals surface area (Å²) in [5.41, 5.74) is -0.588. The van der Waals surface area contributed by atoms with Gasteiger partial charge in [0.25, 0.3) is 0 Å². The Morgan fingerprint density at radius 1 is 1.31 bits per heavy atom. The lowest BCUT2D eigenvalue weighted by Crippen LogP contribution is -2.12. The van der Waals surface area contributed by atoms with Gasteiger partial charge in [-0.05, 0) is 36.5 Å². The highest BCUT2D eigenvalue weighted by molar-refractivity contribution is 7.91. The Labute approximate surface area is 166 Å². The second kappa shape index (κ2) is 6.67. The number of rotatable bonds is 4. The fourth-order valence-corrected chi connectivity index (χ4v) is 4.06. The maximum atomic E-state index is 12.9. The number of aromatic nitrogens is 5. The Balaban J connectivity index is 1.88. The van der Waals surface area contributed by atoms with Gasteiger partial charge in [-0.3, -0.25) is 0 Å². The van der Waals surface area contributed by atoms with E-state index < -0.39 is 28.5 Å². The van der Waals surface area contributed by atoms with Gasteiger partial charge in [-0.25, -0.2) is 9.97 Å². The summed E-state index contributed by atoms with van der Waals surface area (Å²) >= 11 is -1.41. The third-order valence-corrected chi connectivity index (χ3v) is 6.32. The highest BCUT2D eigenvalue weighted by Crippen LogP contribution is 2.48. The smallest absolute Gasteiger partial charge is 0.435 e. The minimum absolute atomic E-state index is 0.0135. The molecule has 4 rings (SSSR count). The van der Waals surface area contributed by atoms with Gasteiger partial charge < -0.3 is 9.12 Å². The number of halogens is 3. The first-order valence-electron chi connectivity index (χ1n) is 8.78. The average Bonchev–Trinajstić information content (AvgIpc) is 3.44. The van der Waals surface area contributed by atoms with Gasteiger partial charge in [-0.1, -0.05) is 0 Å². The minimum Gasteiger partial charge on any atom is -0.611 e. The number of nitrogens with zero attached hydrogens (tertiary/aromatic N) is 6. The Morgan fingerprint density at radius 2 is 2.03 bits per heavy atom. The summed E-state index contributed by atoms with van der Waals surface area (Å²) in [4.78, 5) is 9.06. The molecule has 1 aliphatic rings. The van der Waals surface area contributed by atoms with E-state index in [1.54, 1.807) is 26.2 Å². The summed E-state index contributed by atoms with van der Waals surface area (Å²) in [5.74, 6) is 0.554. The Bertz CT molecular complexity index is 1150. The molecule has 150 valence electrons. The molecule has 0 radical (unpaired) electrons. The highest BCUT2D eigenvalue weighted by Gasteiger charge is 2.46. The molecule has 3 aromatic rings. The number of imidazole rings is 1. The quantitative estimate of drug-likeness (QED) is 0.601. The first-order valence-corrected chi connectivity index (χ1v) is 10.1. The molecule has 0 spiro atoms. The molecule has 1 atom stereocenters. The SMILES string of the molecule is CC[S@+]([O-])c1cc(C2(C#N)CC2)cnc1-c1nc2cc(C(F)(F)F)nnc2n1C. The highest BCUT2D eigenvalue weighted by atomic mass is 32.2. The molecule has 3 aromatic heterocycles. The van der Waals surface area contributed by atoms with Crippen molar-refractivity contribution < 1.29 is 17.7 Å². The van der Waals surface area contributed by atoms with Crippen LogP contribution in [0.1, 0.15) is 31.0 Å². The van der Waals surface area contributed by atoms with Gasteiger partial charge >= 0.3 is 6.18 Å². The number of hydrogen-bond donors (Lipinski definition) is 0. The zero-order chi connectivity index (χ0) is 21.0. The van der Waals surface area contributed by atoms with Crippen molar-refractivity contribution in [1.82, 2.24) is 24.7 Å². The third kappa shape index (κ3) is 3.22. The first-order chi connectivity index (χ1) is 13.7. The lowest BCUT2D eigenvalue weighted by molar-refractivity contribution is -0.141. The van der Waals surface area contributed by atoms with E-state index in [9.17, 15) is 23.0 Å². The van der Waals surface area contributed by atoms with Crippen molar-refractivity contribution in [3.8, 4) is 17.6 Å². The lowest BCUT2D eigenvalue weighted by atomic mass is 9.99. The first kappa shape index (κ1) is 19.6. The molecule has 0 aliphatic heterocycles. The van der Waals surface area contributed by atoms with Crippen LogP contribution in [0.25, 0.3) is 22.7 Å². The lowest BCUT2D eigenvalue weighted by Gasteiger charge is -2.14. The topological polar surface area (TPSA) is 103 Å². The minimum atomic E-state index is -4.64. The Hall–Kier alpha value is -2.71. The van der Waals surface area contributed by atoms with Crippen molar-refractivity contribution in [2.75, 3.05) is 5.75 Å². The van der Waals surface area contributed by atoms with Gasteiger partial charge in [0, 0.05) is 25.4 Å². The van der Waals surface area contributed by atoms with Crippen LogP contribution in [0.15, 0.2) is 23.2 Å². The molecule has 0 N–H and O–H groups in total. The van der Waals surface area contributed by atoms with E-state index >= 15 is 0 Å². The molecular formula is C18H15F3N6OS. The van der Waals surface area contributed by atoms with E-state index in [0.717, 1.165) is 6.07 Å². The van der Waals surface area contributed by atoms with Crippen LogP contribution in [-0.2, 0) is 29.8 Å². The zero-order valence-corrected chi connectivity index (χ0v) is 16.3. The number of nitriles is 1. The number of hydrogen-bond acceptors (Lipinski definition) is 6. The molecular weight excluding hydrogens is 405 g/mol. The van der Waals surface area contributed by atoms with E-state index in [2.05, 4.69) is 26.2 Å². The zero-order valence-electron chi connectivity index (χ0n) is 15.5. The number of fused-ring (bicyclic) bond motifs is 1. The second-order valence-corrected chi connectivity index (χ2v) is 8.54. The molecule has 0 bridgehead atoms. The maximum absolute atomic E-state index is 12.9. The second-order valence-electron chi connectivity index (χ2n) is 6.83. The van der Waals surface area contributed by atoms with Gasteiger partial charge in [0.1, 0.15) is 11.3 Å². The van der Waals surface area contributed by atoms with Crippen LogP contribution >= 0.6 is 0 Å². The van der Waals surface area contributed by atoms with Crippen molar-refractivity contribution in [2.45, 2.75) is 36.3 Å². The van der Waals surface area contributed by atoms with Crippen LogP contribution in [0.4, 0.5) is 13.2 Å². The fraction of sp³-hybridized carbons (Fsp3) is 0.389. The number of alkyl halides is 3. The molecule has 1 fully saturated rings. The summed E-state index contributed by atoms with van der Waals surface area (Å²) in [5, 5.41) is 16.3.